The Morgan fingerprint density at radius 1 is 0.824 bits per heavy atom. The lowest BCUT2D eigenvalue weighted by atomic mass is 9.70. The second-order valence-electron chi connectivity index (χ2n) is 6.46. The summed E-state index contributed by atoms with van der Waals surface area (Å²) in [6.07, 6.45) is 14.3. The summed E-state index contributed by atoms with van der Waals surface area (Å²) in [5.74, 6) is 2.91. The topological polar surface area (TPSA) is 19.9 Å². The second-order valence-corrected chi connectivity index (χ2v) is 6.46. The number of hydrogen-bond donors (Lipinski definition) is 0. The van der Waals surface area contributed by atoms with E-state index in [-0.39, 0.29) is 6.10 Å². The molecular formula is C16H29O. The van der Waals surface area contributed by atoms with Gasteiger partial charge in [0.05, 0.1) is 6.10 Å². The molecule has 2 saturated carbocycles. The molecule has 0 aliphatic heterocycles. The van der Waals surface area contributed by atoms with Crippen molar-refractivity contribution in [1.29, 1.82) is 0 Å². The normalized spacial score (nSPS) is 39.2. The molecule has 0 N–H and O–H groups in total. The molecule has 2 aliphatic rings. The van der Waals surface area contributed by atoms with Crippen molar-refractivity contribution in [2.75, 3.05) is 0 Å². The van der Waals surface area contributed by atoms with Crippen LogP contribution in [0, 0.1) is 17.8 Å². The molecule has 0 heterocycles. The van der Waals surface area contributed by atoms with Gasteiger partial charge in [0.1, 0.15) is 0 Å². The molecule has 0 aromatic heterocycles. The zero-order valence-electron chi connectivity index (χ0n) is 11.5. The van der Waals surface area contributed by atoms with Gasteiger partial charge in [-0.05, 0) is 56.3 Å². The van der Waals surface area contributed by atoms with Crippen LogP contribution >= 0.6 is 0 Å². The maximum Gasteiger partial charge on any atom is 0.0930 e. The van der Waals surface area contributed by atoms with E-state index in [1.54, 1.807) is 0 Å². The molecule has 0 saturated heterocycles. The van der Waals surface area contributed by atoms with Gasteiger partial charge in [0.2, 0.25) is 0 Å². The van der Waals surface area contributed by atoms with Crippen LogP contribution in [0.5, 0.6) is 0 Å². The minimum absolute atomic E-state index is 0.229. The van der Waals surface area contributed by atoms with E-state index in [1.807, 2.05) is 0 Å². The van der Waals surface area contributed by atoms with E-state index in [2.05, 4.69) is 6.92 Å². The first-order chi connectivity index (χ1) is 8.29. The van der Waals surface area contributed by atoms with E-state index >= 15 is 0 Å². The Hall–Kier alpha value is -0.0400. The fraction of sp³-hybridized carbons (Fsp3) is 1.00. The summed E-state index contributed by atoms with van der Waals surface area (Å²) in [6.45, 7) is 2.30. The molecule has 0 aromatic carbocycles. The first-order valence-electron chi connectivity index (χ1n) is 7.95. The molecule has 0 aromatic rings. The molecule has 1 heteroatoms. The van der Waals surface area contributed by atoms with Crippen molar-refractivity contribution in [3.8, 4) is 0 Å². The molecule has 0 spiro atoms. The standard InChI is InChI=1S/C16H29O/c1-2-3-4-13-5-7-14(8-6-13)15-9-11-16(17)12-10-15/h13-16H,2-12H2,1H3. The molecule has 0 bridgehead atoms. The van der Waals surface area contributed by atoms with E-state index in [1.165, 1.54) is 57.8 Å². The minimum atomic E-state index is -0.229. The minimum Gasteiger partial charge on any atom is -0.233 e. The Bertz CT molecular complexity index is 198. The fourth-order valence-corrected chi connectivity index (χ4v) is 4.00. The summed E-state index contributed by atoms with van der Waals surface area (Å²) >= 11 is 0. The Balaban J connectivity index is 1.68. The highest BCUT2D eigenvalue weighted by molar-refractivity contribution is 4.81. The van der Waals surface area contributed by atoms with Crippen molar-refractivity contribution in [2.24, 2.45) is 17.8 Å². The number of unbranched alkanes of at least 4 members (excludes halogenated alkanes) is 1. The third-order valence-electron chi connectivity index (χ3n) is 5.24. The highest BCUT2D eigenvalue weighted by Crippen LogP contribution is 2.41. The monoisotopic (exact) mass is 237 g/mol. The Labute approximate surface area is 107 Å². The molecule has 17 heavy (non-hydrogen) atoms. The van der Waals surface area contributed by atoms with E-state index < -0.39 is 0 Å². The Kier molecular flexibility index (Phi) is 5.34. The predicted octanol–water partition coefficient (Wildman–Crippen LogP) is 4.97. The quantitative estimate of drug-likeness (QED) is 0.657. The lowest BCUT2D eigenvalue weighted by Gasteiger charge is -2.36. The van der Waals surface area contributed by atoms with Gasteiger partial charge in [-0.3, -0.25) is 0 Å². The van der Waals surface area contributed by atoms with Gasteiger partial charge in [-0.25, -0.2) is 5.11 Å². The highest BCUT2D eigenvalue weighted by Gasteiger charge is 2.30. The van der Waals surface area contributed by atoms with Gasteiger partial charge in [-0.1, -0.05) is 39.0 Å². The third kappa shape index (κ3) is 3.98. The van der Waals surface area contributed by atoms with Crippen molar-refractivity contribution in [2.45, 2.75) is 83.7 Å². The van der Waals surface area contributed by atoms with Crippen molar-refractivity contribution in [3.05, 3.63) is 0 Å². The average Bonchev–Trinajstić information content (AvgIpc) is 2.38. The Morgan fingerprint density at radius 3 is 1.88 bits per heavy atom. The molecule has 99 valence electrons. The largest absolute Gasteiger partial charge is 0.233 e. The molecular weight excluding hydrogens is 208 g/mol. The van der Waals surface area contributed by atoms with Crippen molar-refractivity contribution >= 4 is 0 Å². The van der Waals surface area contributed by atoms with Crippen LogP contribution in [0.25, 0.3) is 0 Å². The van der Waals surface area contributed by atoms with E-state index in [9.17, 15) is 5.11 Å². The van der Waals surface area contributed by atoms with Crippen molar-refractivity contribution in [1.82, 2.24) is 0 Å². The maximum atomic E-state index is 11.3. The lowest BCUT2D eigenvalue weighted by molar-refractivity contribution is 0.0264. The zero-order chi connectivity index (χ0) is 12.1. The van der Waals surface area contributed by atoms with Gasteiger partial charge in [0.15, 0.2) is 0 Å². The van der Waals surface area contributed by atoms with E-state index in [0.29, 0.717) is 0 Å². The van der Waals surface area contributed by atoms with Crippen LogP contribution < -0.4 is 0 Å². The zero-order valence-corrected chi connectivity index (χ0v) is 11.5. The van der Waals surface area contributed by atoms with Gasteiger partial charge in [-0.2, -0.15) is 0 Å². The van der Waals surface area contributed by atoms with Gasteiger partial charge in [0.25, 0.3) is 0 Å². The van der Waals surface area contributed by atoms with Gasteiger partial charge >= 0.3 is 0 Å². The van der Waals surface area contributed by atoms with Crippen LogP contribution in [0.2, 0.25) is 0 Å². The summed E-state index contributed by atoms with van der Waals surface area (Å²) in [7, 11) is 0. The van der Waals surface area contributed by atoms with E-state index in [0.717, 1.165) is 30.6 Å². The molecule has 1 nitrogen and oxygen atoms in total. The molecule has 2 fully saturated rings. The van der Waals surface area contributed by atoms with Crippen LogP contribution in [-0.2, 0) is 5.11 Å². The van der Waals surface area contributed by atoms with Crippen molar-refractivity contribution < 1.29 is 5.11 Å². The van der Waals surface area contributed by atoms with Crippen LogP contribution in [0.15, 0.2) is 0 Å². The number of hydrogen-bond acceptors (Lipinski definition) is 0. The van der Waals surface area contributed by atoms with Crippen LogP contribution in [-0.4, -0.2) is 6.10 Å². The van der Waals surface area contributed by atoms with Crippen molar-refractivity contribution in [3.63, 3.8) is 0 Å². The summed E-state index contributed by atoms with van der Waals surface area (Å²) < 4.78 is 0. The summed E-state index contributed by atoms with van der Waals surface area (Å²) in [4.78, 5) is 0. The second kappa shape index (κ2) is 6.78. The summed E-state index contributed by atoms with van der Waals surface area (Å²) in [5, 5.41) is 11.3. The van der Waals surface area contributed by atoms with Crippen LogP contribution in [0.3, 0.4) is 0 Å². The molecule has 0 amide bonds. The van der Waals surface area contributed by atoms with E-state index in [4.69, 9.17) is 0 Å². The third-order valence-corrected chi connectivity index (χ3v) is 5.24. The Morgan fingerprint density at radius 2 is 1.35 bits per heavy atom. The first-order valence-corrected chi connectivity index (χ1v) is 7.95. The molecule has 0 atom stereocenters. The summed E-state index contributed by atoms with van der Waals surface area (Å²) in [6, 6.07) is 0. The van der Waals surface area contributed by atoms with Crippen LogP contribution in [0.1, 0.15) is 77.6 Å². The van der Waals surface area contributed by atoms with Crippen LogP contribution in [0.4, 0.5) is 0 Å². The summed E-state index contributed by atoms with van der Waals surface area (Å²) in [5.41, 5.74) is 0. The van der Waals surface area contributed by atoms with Gasteiger partial charge in [0, 0.05) is 0 Å². The molecule has 2 rings (SSSR count). The first kappa shape index (κ1) is 13.4. The molecule has 2 aliphatic carbocycles. The SMILES string of the molecule is CCCCC1CCC(C2CCC([O])CC2)CC1. The highest BCUT2D eigenvalue weighted by atomic mass is 16.3. The fourth-order valence-electron chi connectivity index (χ4n) is 4.00. The molecule has 1 radical (unpaired) electrons. The maximum absolute atomic E-state index is 11.3. The molecule has 0 unspecified atom stereocenters. The van der Waals surface area contributed by atoms with Gasteiger partial charge < -0.3 is 0 Å². The predicted molar refractivity (Wildman–Crippen MR) is 71.4 cm³/mol. The lowest BCUT2D eigenvalue weighted by Crippen LogP contribution is -2.26. The average molecular weight is 237 g/mol. The smallest absolute Gasteiger partial charge is 0.0930 e. The number of rotatable bonds is 4. The van der Waals surface area contributed by atoms with Gasteiger partial charge in [-0.15, -0.1) is 0 Å².